The van der Waals surface area contributed by atoms with Gasteiger partial charge in [0.05, 0.1) is 0 Å². The van der Waals surface area contributed by atoms with Crippen LogP contribution in [0, 0.1) is 0 Å². The van der Waals surface area contributed by atoms with Crippen LogP contribution < -0.4 is 42.4 Å². The fraction of sp³-hybridized carbons (Fsp3) is 0.316. The van der Waals surface area contributed by atoms with Crippen LogP contribution in [-0.2, 0) is 44.9 Å². The third-order valence-electron chi connectivity index (χ3n) is 8.56. The largest absolute Gasteiger partial charge is 0.691 e. The minimum absolute atomic E-state index is 0.0480. The smallest absolute Gasteiger partial charge is 0.270 e. The SMILES string of the molecule is O=C1NCc2ccc(cc2)CNC(=O)c2cc(NCCCCSOO[O-])cc(n2)C(=O)NCc2ccc(cc2)CNC(=O)c2cc(NCCCCSOO[O-])cc1n2. The lowest BCUT2D eigenvalue weighted by molar-refractivity contribution is -0.777. The number of nitrogens with one attached hydrogen (secondary N) is 6. The Morgan fingerprint density at radius 1 is 0.500 bits per heavy atom. The summed E-state index contributed by atoms with van der Waals surface area (Å²) in [6.07, 6.45) is 2.85. The standard InChI is InChI=1S/C38H44N8O10S2/c47-35-31-17-29(39-13-1-3-15-57-55-53-51)18-32(45-31)36(48)42-22-26-7-11-28(12-8-26)24-44-38(50)34-20-30(40-14-2-4-16-58-56-54-52)19-33(46-34)37(49)43-23-27-9-5-25(6-10-27)21-41-35/h5-12,17-20,51-52H,1-4,13-16,21-24H2,(H,39,45)(H,40,46)(H,41,47)(H,42,48)(H,43,49)(H,44,50)/p-2. The van der Waals surface area contributed by atoms with Crippen molar-refractivity contribution in [3.63, 3.8) is 0 Å². The lowest BCUT2D eigenvalue weighted by atomic mass is 10.1. The maximum atomic E-state index is 13.3. The van der Waals surface area contributed by atoms with Crippen LogP contribution in [0.1, 0.15) is 89.9 Å². The molecular formula is C38H42N8O10S2-2. The first-order valence-electron chi connectivity index (χ1n) is 18.3. The van der Waals surface area contributed by atoms with Crippen LogP contribution in [0.3, 0.4) is 0 Å². The van der Waals surface area contributed by atoms with Gasteiger partial charge in [-0.05, 0) is 72.2 Å². The summed E-state index contributed by atoms with van der Waals surface area (Å²) >= 11 is 1.81. The van der Waals surface area contributed by atoms with Gasteiger partial charge in [-0.1, -0.05) is 48.5 Å². The molecule has 2 aromatic heterocycles. The Hall–Kier alpha value is -5.32. The second-order valence-corrected chi connectivity index (χ2v) is 14.4. The fourth-order valence-electron chi connectivity index (χ4n) is 5.52. The minimum atomic E-state index is -0.479. The fourth-order valence-corrected chi connectivity index (χ4v) is 6.38. The molecule has 18 nitrogen and oxygen atoms in total. The molecule has 0 fully saturated rings. The first kappa shape index (κ1) is 43.8. The molecule has 0 spiro atoms. The van der Waals surface area contributed by atoms with Gasteiger partial charge in [0.25, 0.3) is 23.6 Å². The highest BCUT2D eigenvalue weighted by Crippen LogP contribution is 2.17. The Morgan fingerprint density at radius 3 is 1.07 bits per heavy atom. The molecule has 6 heterocycles. The summed E-state index contributed by atoms with van der Waals surface area (Å²) in [6.45, 7) is 1.72. The number of nitrogens with zero attached hydrogens (tertiary/aromatic N) is 2. The van der Waals surface area contributed by atoms with Crippen molar-refractivity contribution < 1.29 is 48.4 Å². The van der Waals surface area contributed by atoms with Gasteiger partial charge in [-0.25, -0.2) is 9.97 Å². The van der Waals surface area contributed by atoms with Crippen molar-refractivity contribution in [1.29, 1.82) is 0 Å². The van der Waals surface area contributed by atoms with E-state index < -0.39 is 23.6 Å². The van der Waals surface area contributed by atoms with Gasteiger partial charge in [-0.15, -0.1) is 0 Å². The Labute approximate surface area is 342 Å². The number of unbranched alkanes of at least 4 members (excludes halogenated alkanes) is 2. The Morgan fingerprint density at radius 2 is 0.793 bits per heavy atom. The molecule has 4 aliphatic heterocycles. The van der Waals surface area contributed by atoms with Crippen molar-refractivity contribution in [2.45, 2.75) is 51.9 Å². The summed E-state index contributed by atoms with van der Waals surface area (Å²) in [5.41, 5.74) is 4.39. The van der Waals surface area contributed by atoms with Gasteiger partial charge in [-0.3, -0.25) is 29.3 Å². The highest BCUT2D eigenvalue weighted by molar-refractivity contribution is 7.94. The Bertz CT molecular complexity index is 1720. The molecule has 8 rings (SSSR count). The van der Waals surface area contributed by atoms with Gasteiger partial charge in [0.15, 0.2) is 0 Å². The Balaban J connectivity index is 1.32. The van der Waals surface area contributed by atoms with Crippen molar-refractivity contribution in [3.05, 3.63) is 118 Å². The highest BCUT2D eigenvalue weighted by atomic mass is 32.2. The van der Waals surface area contributed by atoms with Crippen molar-refractivity contribution >= 4 is 59.1 Å². The molecule has 6 N–H and O–H groups in total. The molecule has 0 aliphatic carbocycles. The molecule has 58 heavy (non-hydrogen) atoms. The molecule has 8 bridgehead atoms. The molecule has 4 aromatic rings. The average Bonchev–Trinajstić information content (AvgIpc) is 3.25. The van der Waals surface area contributed by atoms with Crippen LogP contribution in [0.15, 0.2) is 72.8 Å². The number of hydrogen-bond donors (Lipinski definition) is 6. The van der Waals surface area contributed by atoms with E-state index in [2.05, 4.69) is 60.6 Å². The van der Waals surface area contributed by atoms with Crippen molar-refractivity contribution in [1.82, 2.24) is 31.2 Å². The van der Waals surface area contributed by atoms with Crippen LogP contribution in [0.5, 0.6) is 0 Å². The number of pyridine rings is 2. The summed E-state index contributed by atoms with van der Waals surface area (Å²) in [5, 5.41) is 44.5. The molecular weight excluding hydrogens is 793 g/mol. The molecule has 2 aromatic carbocycles. The van der Waals surface area contributed by atoms with Crippen LogP contribution in [-0.4, -0.2) is 58.2 Å². The van der Waals surface area contributed by atoms with Gasteiger partial charge in [0.2, 0.25) is 0 Å². The summed E-state index contributed by atoms with van der Waals surface area (Å²) in [7, 11) is 0. The van der Waals surface area contributed by atoms with Gasteiger partial charge in [-0.2, -0.15) is 8.67 Å². The molecule has 0 saturated carbocycles. The van der Waals surface area contributed by atoms with Crippen LogP contribution in [0.4, 0.5) is 11.4 Å². The zero-order valence-electron chi connectivity index (χ0n) is 31.2. The van der Waals surface area contributed by atoms with E-state index in [0.29, 0.717) is 61.7 Å². The molecule has 0 saturated heterocycles. The van der Waals surface area contributed by atoms with Crippen molar-refractivity contribution in [2.24, 2.45) is 0 Å². The number of anilines is 2. The number of aromatic nitrogens is 2. The second kappa shape index (κ2) is 23.8. The molecule has 20 heteroatoms. The molecule has 0 atom stereocenters. The zero-order valence-corrected chi connectivity index (χ0v) is 32.8. The number of hydrogen-bond acceptors (Lipinski definition) is 16. The third-order valence-corrected chi connectivity index (χ3v) is 9.77. The van der Waals surface area contributed by atoms with E-state index in [1.807, 2.05) is 48.5 Å². The van der Waals surface area contributed by atoms with E-state index in [0.717, 1.165) is 46.3 Å². The van der Waals surface area contributed by atoms with E-state index >= 15 is 0 Å². The first-order chi connectivity index (χ1) is 28.3. The highest BCUT2D eigenvalue weighted by Gasteiger charge is 2.18. The summed E-state index contributed by atoms with van der Waals surface area (Å²) in [6, 6.07) is 20.8. The minimum Gasteiger partial charge on any atom is -0.691 e. The van der Waals surface area contributed by atoms with Gasteiger partial charge in [0.1, 0.15) is 22.8 Å². The number of carbonyl (C=O) groups excluding carboxylic acids is 4. The van der Waals surface area contributed by atoms with Crippen molar-refractivity contribution in [2.75, 3.05) is 35.2 Å². The van der Waals surface area contributed by atoms with Crippen molar-refractivity contribution in [3.8, 4) is 0 Å². The van der Waals surface area contributed by atoms with E-state index in [1.165, 1.54) is 0 Å². The van der Waals surface area contributed by atoms with E-state index in [9.17, 15) is 29.7 Å². The summed E-state index contributed by atoms with van der Waals surface area (Å²) in [4.78, 5) is 62.1. The molecule has 4 aliphatic rings. The van der Waals surface area contributed by atoms with Gasteiger partial charge < -0.3 is 42.4 Å². The van der Waals surface area contributed by atoms with Crippen LogP contribution in [0.2, 0.25) is 0 Å². The number of amides is 4. The number of rotatable bonds is 16. The van der Waals surface area contributed by atoms with Gasteiger partial charge >= 0.3 is 0 Å². The molecule has 308 valence electrons. The first-order valence-corrected chi connectivity index (χ1v) is 20.1. The average molecular weight is 835 g/mol. The monoisotopic (exact) mass is 834 g/mol. The maximum Gasteiger partial charge on any atom is 0.270 e. The normalized spacial score (nSPS) is 13.7. The topological polar surface area (TPSA) is 249 Å². The van der Waals surface area contributed by atoms with Crippen LogP contribution >= 0.6 is 24.1 Å². The molecule has 0 unspecified atom stereocenters. The van der Waals surface area contributed by atoms with Gasteiger partial charge in [0, 0.05) is 86.2 Å². The number of benzene rings is 2. The predicted octanol–water partition coefficient (Wildman–Crippen LogP) is 2.64. The summed E-state index contributed by atoms with van der Waals surface area (Å²) < 4.78 is 8.56. The summed E-state index contributed by atoms with van der Waals surface area (Å²) in [5.74, 6) is -0.835. The predicted molar refractivity (Wildman–Crippen MR) is 211 cm³/mol. The maximum absolute atomic E-state index is 13.3. The lowest BCUT2D eigenvalue weighted by Gasteiger charge is -2.13. The number of carbonyl (C=O) groups is 4. The zero-order chi connectivity index (χ0) is 41.0. The third kappa shape index (κ3) is 14.6. The molecule has 0 radical (unpaired) electrons. The Kier molecular flexibility index (Phi) is 18.0. The van der Waals surface area contributed by atoms with E-state index in [-0.39, 0.29) is 49.0 Å². The second-order valence-electron chi connectivity index (χ2n) is 12.8. The van der Waals surface area contributed by atoms with E-state index in [1.54, 1.807) is 24.3 Å². The quantitative estimate of drug-likeness (QED) is 0.0411. The lowest BCUT2D eigenvalue weighted by Crippen LogP contribution is -2.28. The van der Waals surface area contributed by atoms with Crippen LogP contribution in [0.25, 0.3) is 0 Å². The van der Waals surface area contributed by atoms with E-state index in [4.69, 9.17) is 0 Å². The molecule has 4 amide bonds.